The van der Waals surface area contributed by atoms with Gasteiger partial charge in [0.05, 0.1) is 27.6 Å². The zero-order valence-corrected chi connectivity index (χ0v) is 56.8. The van der Waals surface area contributed by atoms with Crippen LogP contribution in [0.1, 0.15) is 100 Å². The van der Waals surface area contributed by atoms with Crippen LogP contribution in [0.25, 0.3) is 56.7 Å². The zero-order chi connectivity index (χ0) is 70.5. The maximum Gasteiger partial charge on any atom is 0.194 e. The van der Waals surface area contributed by atoms with E-state index < -0.39 is 51.1 Å². The molecule has 2 nitrogen and oxygen atoms in total. The Bertz CT molecular complexity index is 5560. The van der Waals surface area contributed by atoms with E-state index in [9.17, 15) is 0 Å². The molecule has 0 saturated carbocycles. The number of rotatable bonds is 12. The average Bonchev–Trinajstić information content (AvgIpc) is 1.52. The van der Waals surface area contributed by atoms with E-state index in [1.807, 2.05) is 82.6 Å². The summed E-state index contributed by atoms with van der Waals surface area (Å²) in [4.78, 5) is 3.63. The highest BCUT2D eigenvalue weighted by Crippen LogP contribution is 2.66. The van der Waals surface area contributed by atoms with Crippen LogP contribution < -0.4 is 9.80 Å². The summed E-state index contributed by atoms with van der Waals surface area (Å²) in [6, 6.07) is 92.2. The lowest BCUT2D eigenvalue weighted by molar-refractivity contribution is 0.447. The largest absolute Gasteiger partial charge is 0.310 e. The highest BCUT2D eigenvalue weighted by atomic mass is 19.2. The Morgan fingerprint density at radius 3 is 0.825 bits per heavy atom. The molecule has 0 amide bonds. The molecule has 0 radical (unpaired) electrons. The molecule has 8 heteroatoms. The van der Waals surface area contributed by atoms with Crippen LogP contribution in [-0.2, 0) is 16.2 Å². The van der Waals surface area contributed by atoms with E-state index in [2.05, 4.69) is 235 Å². The molecular formula is C95H64F6N2. The number of aryl methyl sites for hydroxylation is 4. The van der Waals surface area contributed by atoms with Gasteiger partial charge < -0.3 is 9.80 Å². The van der Waals surface area contributed by atoms with Gasteiger partial charge in [0.15, 0.2) is 34.9 Å². The van der Waals surface area contributed by atoms with Gasteiger partial charge in [-0.15, -0.1) is 0 Å². The van der Waals surface area contributed by atoms with Crippen molar-refractivity contribution in [2.24, 2.45) is 0 Å². The van der Waals surface area contributed by atoms with Crippen LogP contribution in [0.15, 0.2) is 292 Å². The van der Waals surface area contributed by atoms with Crippen molar-refractivity contribution in [2.75, 3.05) is 9.80 Å². The molecule has 14 aromatic rings. The predicted molar refractivity (Wildman–Crippen MR) is 406 cm³/mol. The molecule has 18 rings (SSSR count). The summed E-state index contributed by atoms with van der Waals surface area (Å²) in [6.45, 7) is 16.6. The maximum absolute atomic E-state index is 16.4. The SMILES string of the molecule is C=Cc1ccc(C2(c3cc(C)ccc3C)c3ccccc3-c3ccc(N(c4cc(F)c(F)c(F)c4)c4ccc5c(c4)C4(c6ccccc6-5)c5ccccc5-c5ccc(N(c6cc(F)c(F)c(F)c6)c6ccc7c(c6)C(c6ccc(C=C)cc6)(c6cc(C)ccc6C)c6ccccc6-7)cc54)cc32)cc1. The molecule has 1 spiro atoms. The summed E-state index contributed by atoms with van der Waals surface area (Å²) in [5.74, 6) is -8.59. The van der Waals surface area contributed by atoms with Crippen LogP contribution >= 0.6 is 0 Å². The fraction of sp³-hybridized carbons (Fsp3) is 0.0737. The number of benzene rings is 14. The van der Waals surface area contributed by atoms with Crippen molar-refractivity contribution in [3.05, 3.63) is 427 Å². The fourth-order valence-electron chi connectivity index (χ4n) is 18.0. The molecule has 4 aliphatic rings. The van der Waals surface area contributed by atoms with E-state index in [0.717, 1.165) is 169 Å². The second-order valence-corrected chi connectivity index (χ2v) is 27.8. The lowest BCUT2D eigenvalue weighted by atomic mass is 9.66. The van der Waals surface area contributed by atoms with Crippen molar-refractivity contribution in [3.8, 4) is 44.5 Å². The Kier molecular flexibility index (Phi) is 14.3. The van der Waals surface area contributed by atoms with Crippen LogP contribution in [-0.4, -0.2) is 0 Å². The van der Waals surface area contributed by atoms with Gasteiger partial charge in [0.1, 0.15) is 0 Å². The number of nitrogens with zero attached hydrogens (tertiary/aromatic N) is 2. The minimum Gasteiger partial charge on any atom is -0.310 e. The van der Waals surface area contributed by atoms with Crippen molar-refractivity contribution in [1.82, 2.24) is 0 Å². The summed E-state index contributed by atoms with van der Waals surface area (Å²) in [7, 11) is 0. The van der Waals surface area contributed by atoms with Gasteiger partial charge in [-0.25, -0.2) is 26.3 Å². The molecule has 0 bridgehead atoms. The third-order valence-corrected chi connectivity index (χ3v) is 22.4. The van der Waals surface area contributed by atoms with E-state index in [0.29, 0.717) is 22.7 Å². The smallest absolute Gasteiger partial charge is 0.194 e. The van der Waals surface area contributed by atoms with Gasteiger partial charge in [0.25, 0.3) is 0 Å². The summed E-state index contributed by atoms with van der Waals surface area (Å²) < 4.78 is 96.7. The van der Waals surface area contributed by atoms with Crippen molar-refractivity contribution in [1.29, 1.82) is 0 Å². The Labute approximate surface area is 594 Å². The molecule has 0 fully saturated rings. The van der Waals surface area contributed by atoms with Gasteiger partial charge in [-0.1, -0.05) is 243 Å². The van der Waals surface area contributed by atoms with Gasteiger partial charge in [0.2, 0.25) is 0 Å². The molecular weight excluding hydrogens is 1280 g/mol. The lowest BCUT2D eigenvalue weighted by Gasteiger charge is -2.36. The predicted octanol–water partition coefficient (Wildman–Crippen LogP) is 25.1. The topological polar surface area (TPSA) is 6.48 Å². The minimum atomic E-state index is -1.59. The van der Waals surface area contributed by atoms with Crippen LogP contribution in [0.4, 0.5) is 60.5 Å². The molecule has 0 saturated heterocycles. The first kappa shape index (κ1) is 63.0. The van der Waals surface area contributed by atoms with Crippen molar-refractivity contribution >= 4 is 46.3 Å². The molecule has 0 aliphatic heterocycles. The highest BCUT2D eigenvalue weighted by Gasteiger charge is 2.54. The van der Waals surface area contributed by atoms with Crippen LogP contribution in [0.5, 0.6) is 0 Å². The molecule has 496 valence electrons. The molecule has 4 aliphatic carbocycles. The normalized spacial score (nSPS) is 16.6. The van der Waals surface area contributed by atoms with Gasteiger partial charge in [0, 0.05) is 47.0 Å². The first-order valence-corrected chi connectivity index (χ1v) is 34.6. The van der Waals surface area contributed by atoms with Gasteiger partial charge in [-0.3, -0.25) is 0 Å². The standard InChI is InChI=1S/C95H64F6N2/c1-7-59-29-33-61(34-30-59)93(81-45-55(3)25-27-57(81)5)77-21-13-9-17-69(77)73-41-37-63(47-83(73)93)102(67-51-87(96)91(100)88(97)52-67)65-39-43-75-71-19-11-15-23-79(71)95(85(75)49-65)80-24-16-12-20-72(80)76-44-40-66(50-86(76)95)103(68-53-89(98)92(101)90(99)54-68)64-38-42-74-70-18-10-14-22-78(70)94(84(74)48-64,62-35-31-60(8-2)32-36-62)82-46-56(4)26-28-58(82)6/h7-54H,1-2H2,3-6H3. The lowest BCUT2D eigenvalue weighted by Crippen LogP contribution is -2.30. The second kappa shape index (κ2) is 23.4. The minimum absolute atomic E-state index is 0.0424. The van der Waals surface area contributed by atoms with E-state index in [4.69, 9.17) is 0 Å². The molecule has 14 aromatic carbocycles. The van der Waals surface area contributed by atoms with E-state index in [1.165, 1.54) is 0 Å². The summed E-state index contributed by atoms with van der Waals surface area (Å²) in [5.41, 5.74) is 24.9. The van der Waals surface area contributed by atoms with Crippen LogP contribution in [0, 0.1) is 62.6 Å². The molecule has 0 heterocycles. The fourth-order valence-corrected chi connectivity index (χ4v) is 18.0. The Morgan fingerprint density at radius 1 is 0.252 bits per heavy atom. The first-order valence-electron chi connectivity index (χ1n) is 34.6. The summed E-state index contributed by atoms with van der Waals surface area (Å²) >= 11 is 0. The third kappa shape index (κ3) is 8.96. The average molecular weight is 1350 g/mol. The Hall–Kier alpha value is -12.3. The van der Waals surface area contributed by atoms with Gasteiger partial charge in [-0.05, 0) is 210 Å². The molecule has 0 N–H and O–H groups in total. The van der Waals surface area contributed by atoms with Crippen molar-refractivity contribution in [3.63, 3.8) is 0 Å². The monoisotopic (exact) mass is 1350 g/mol. The second-order valence-electron chi connectivity index (χ2n) is 27.8. The van der Waals surface area contributed by atoms with E-state index >= 15 is 26.3 Å². The maximum atomic E-state index is 16.4. The molecule has 103 heavy (non-hydrogen) atoms. The Morgan fingerprint density at radius 2 is 0.524 bits per heavy atom. The quantitative estimate of drug-likeness (QED) is 0.0888. The van der Waals surface area contributed by atoms with Gasteiger partial charge >= 0.3 is 0 Å². The van der Waals surface area contributed by atoms with Crippen LogP contribution in [0.2, 0.25) is 0 Å². The number of anilines is 6. The van der Waals surface area contributed by atoms with Crippen molar-refractivity contribution < 1.29 is 26.3 Å². The summed E-state index contributed by atoms with van der Waals surface area (Å²) in [5, 5.41) is 0. The number of hydrogen-bond donors (Lipinski definition) is 0. The molecule has 0 aromatic heterocycles. The molecule has 2 unspecified atom stereocenters. The number of fused-ring (bicyclic) bond motifs is 16. The molecule has 2 atom stereocenters. The summed E-state index contributed by atoms with van der Waals surface area (Å²) in [6.07, 6.45) is 3.65. The van der Waals surface area contributed by atoms with Crippen molar-refractivity contribution in [2.45, 2.75) is 43.9 Å². The van der Waals surface area contributed by atoms with E-state index in [-0.39, 0.29) is 11.4 Å². The van der Waals surface area contributed by atoms with Gasteiger partial charge in [-0.2, -0.15) is 0 Å². The Balaban J connectivity index is 0.880. The van der Waals surface area contributed by atoms with Crippen LogP contribution in [0.3, 0.4) is 0 Å². The first-order chi connectivity index (χ1) is 50.1. The number of halogens is 6. The number of hydrogen-bond acceptors (Lipinski definition) is 2. The zero-order valence-electron chi connectivity index (χ0n) is 56.8. The third-order valence-electron chi connectivity index (χ3n) is 22.4. The highest BCUT2D eigenvalue weighted by molar-refractivity contribution is 5.99. The van der Waals surface area contributed by atoms with E-state index in [1.54, 1.807) is 0 Å².